The molecule has 2 aromatic heterocycles. The summed E-state index contributed by atoms with van der Waals surface area (Å²) in [6.07, 6.45) is 3.83. The molecule has 5 nitrogen and oxygen atoms in total. The van der Waals surface area contributed by atoms with Crippen LogP contribution in [0.15, 0.2) is 59.8 Å². The van der Waals surface area contributed by atoms with Gasteiger partial charge in [-0.05, 0) is 6.07 Å². The smallest absolute Gasteiger partial charge is 0.176 e. The van der Waals surface area contributed by atoms with Crippen molar-refractivity contribution in [2.75, 3.05) is 5.43 Å². The van der Waals surface area contributed by atoms with Crippen LogP contribution >= 0.6 is 11.6 Å². The van der Waals surface area contributed by atoms with Crippen molar-refractivity contribution in [3.05, 3.63) is 65.4 Å². The normalized spacial score (nSPS) is 11.6. The van der Waals surface area contributed by atoms with Gasteiger partial charge < -0.3 is 4.57 Å². The minimum Gasteiger partial charge on any atom is -0.350 e. The summed E-state index contributed by atoms with van der Waals surface area (Å²) in [4.78, 5) is 0. The maximum absolute atomic E-state index is 6.08. The Bertz CT molecular complexity index is 1070. The Balaban J connectivity index is 1.67. The van der Waals surface area contributed by atoms with E-state index in [9.17, 15) is 0 Å². The van der Waals surface area contributed by atoms with Crippen molar-refractivity contribution in [3.8, 4) is 0 Å². The predicted molar refractivity (Wildman–Crippen MR) is 98.7 cm³/mol. The molecule has 0 bridgehead atoms. The van der Waals surface area contributed by atoms with Crippen LogP contribution in [0.2, 0.25) is 5.15 Å². The third kappa shape index (κ3) is 2.49. The van der Waals surface area contributed by atoms with Crippen molar-refractivity contribution < 1.29 is 0 Å². The van der Waals surface area contributed by atoms with E-state index in [-0.39, 0.29) is 0 Å². The van der Waals surface area contributed by atoms with Crippen molar-refractivity contribution >= 4 is 45.3 Å². The molecule has 6 heteroatoms. The number of para-hydroxylation sites is 1. The molecule has 0 unspecified atom stereocenters. The number of fused-ring (bicyclic) bond motifs is 2. The van der Waals surface area contributed by atoms with E-state index in [1.54, 1.807) is 6.21 Å². The average Bonchev–Trinajstić information content (AvgIpc) is 2.94. The summed E-state index contributed by atoms with van der Waals surface area (Å²) in [5, 5.41) is 15.6. The van der Waals surface area contributed by atoms with Crippen LogP contribution in [0, 0.1) is 0 Å². The van der Waals surface area contributed by atoms with Crippen LogP contribution < -0.4 is 5.43 Å². The maximum atomic E-state index is 6.08. The maximum Gasteiger partial charge on any atom is 0.176 e. The molecule has 0 radical (unpaired) electrons. The highest BCUT2D eigenvalue weighted by Crippen LogP contribution is 2.25. The van der Waals surface area contributed by atoms with E-state index < -0.39 is 0 Å². The number of hydrazone groups is 1. The van der Waals surface area contributed by atoms with Gasteiger partial charge >= 0.3 is 0 Å². The van der Waals surface area contributed by atoms with Gasteiger partial charge in [-0.1, -0.05) is 54.1 Å². The van der Waals surface area contributed by atoms with Crippen LogP contribution in [0.25, 0.3) is 21.7 Å². The molecule has 24 heavy (non-hydrogen) atoms. The van der Waals surface area contributed by atoms with Crippen molar-refractivity contribution in [2.24, 2.45) is 12.1 Å². The standard InChI is InChI=1S/C18H14ClN5/c1-24-11-12(13-6-4-5-9-16(13)24)10-20-22-18-15-8-3-2-7-14(15)17(19)21-23-18/h2-11H,1H3,(H,22,23)/b20-10-. The summed E-state index contributed by atoms with van der Waals surface area (Å²) in [6.45, 7) is 0. The number of rotatable bonds is 3. The van der Waals surface area contributed by atoms with Gasteiger partial charge in [0.25, 0.3) is 0 Å². The Labute approximate surface area is 143 Å². The molecule has 2 aromatic carbocycles. The van der Waals surface area contributed by atoms with Crippen molar-refractivity contribution in [3.63, 3.8) is 0 Å². The first-order chi connectivity index (χ1) is 11.7. The Morgan fingerprint density at radius 2 is 1.71 bits per heavy atom. The first kappa shape index (κ1) is 14.7. The topological polar surface area (TPSA) is 55.1 Å². The Morgan fingerprint density at radius 3 is 2.54 bits per heavy atom. The molecule has 0 aliphatic rings. The van der Waals surface area contributed by atoms with Crippen molar-refractivity contribution in [2.45, 2.75) is 0 Å². The van der Waals surface area contributed by atoms with Crippen LogP contribution in [0.1, 0.15) is 5.56 Å². The molecule has 2 heterocycles. The molecule has 1 N–H and O–H groups in total. The number of nitrogens with zero attached hydrogens (tertiary/aromatic N) is 4. The Hall–Kier alpha value is -2.92. The molecule has 0 aliphatic carbocycles. The van der Waals surface area contributed by atoms with E-state index in [4.69, 9.17) is 11.6 Å². The summed E-state index contributed by atoms with van der Waals surface area (Å²) in [7, 11) is 2.02. The number of aromatic nitrogens is 3. The lowest BCUT2D eigenvalue weighted by Gasteiger charge is -2.04. The highest BCUT2D eigenvalue weighted by Gasteiger charge is 2.07. The van der Waals surface area contributed by atoms with Crippen LogP contribution in [-0.2, 0) is 7.05 Å². The molecule has 0 saturated carbocycles. The summed E-state index contributed by atoms with van der Waals surface area (Å²) in [5.74, 6) is 0.575. The van der Waals surface area contributed by atoms with E-state index in [2.05, 4.69) is 37.4 Å². The fourth-order valence-electron chi connectivity index (χ4n) is 2.79. The molecular formula is C18H14ClN5. The number of benzene rings is 2. The van der Waals surface area contributed by atoms with Gasteiger partial charge in [0.05, 0.1) is 6.21 Å². The predicted octanol–water partition coefficient (Wildman–Crippen LogP) is 4.22. The summed E-state index contributed by atoms with van der Waals surface area (Å²) in [6, 6.07) is 15.9. The zero-order valence-electron chi connectivity index (χ0n) is 12.9. The molecular weight excluding hydrogens is 322 g/mol. The Morgan fingerprint density at radius 1 is 1.00 bits per heavy atom. The fraction of sp³-hybridized carbons (Fsp3) is 0.0556. The molecule has 4 aromatic rings. The molecule has 118 valence electrons. The molecule has 0 aliphatic heterocycles. The molecule has 0 saturated heterocycles. The first-order valence-corrected chi connectivity index (χ1v) is 7.86. The van der Waals surface area contributed by atoms with Crippen molar-refractivity contribution in [1.82, 2.24) is 14.8 Å². The van der Waals surface area contributed by atoms with Gasteiger partial charge in [0.15, 0.2) is 11.0 Å². The lowest BCUT2D eigenvalue weighted by molar-refractivity contribution is 0.968. The van der Waals surface area contributed by atoms with Gasteiger partial charge in [-0.25, -0.2) is 0 Å². The lowest BCUT2D eigenvalue weighted by Crippen LogP contribution is -1.97. The van der Waals surface area contributed by atoms with E-state index in [0.717, 1.165) is 27.2 Å². The number of hydrogen-bond donors (Lipinski definition) is 1. The van der Waals surface area contributed by atoms with E-state index in [0.29, 0.717) is 11.0 Å². The zero-order valence-corrected chi connectivity index (χ0v) is 13.7. The monoisotopic (exact) mass is 335 g/mol. The van der Waals surface area contributed by atoms with Gasteiger partial charge in [-0.15, -0.1) is 10.2 Å². The number of aryl methyl sites for hydroxylation is 1. The average molecular weight is 336 g/mol. The van der Waals surface area contributed by atoms with Gasteiger partial charge in [-0.2, -0.15) is 5.10 Å². The van der Waals surface area contributed by atoms with Crippen LogP contribution in [0.3, 0.4) is 0 Å². The second-order valence-corrected chi connectivity index (χ2v) is 5.83. The van der Waals surface area contributed by atoms with Gasteiger partial charge in [0.1, 0.15) is 0 Å². The number of anilines is 1. The first-order valence-electron chi connectivity index (χ1n) is 7.48. The summed E-state index contributed by atoms with van der Waals surface area (Å²) in [5.41, 5.74) is 5.16. The minimum atomic E-state index is 0.384. The van der Waals surface area contributed by atoms with Crippen LogP contribution in [-0.4, -0.2) is 21.0 Å². The highest BCUT2D eigenvalue weighted by molar-refractivity contribution is 6.34. The third-order valence-electron chi connectivity index (χ3n) is 3.94. The van der Waals surface area contributed by atoms with Crippen LogP contribution in [0.5, 0.6) is 0 Å². The minimum absolute atomic E-state index is 0.384. The highest BCUT2D eigenvalue weighted by atomic mass is 35.5. The molecule has 0 atom stereocenters. The van der Waals surface area contributed by atoms with Gasteiger partial charge in [-0.3, -0.25) is 5.43 Å². The van der Waals surface area contributed by atoms with E-state index in [1.807, 2.05) is 49.6 Å². The van der Waals surface area contributed by atoms with Crippen LogP contribution in [0.4, 0.5) is 5.82 Å². The lowest BCUT2D eigenvalue weighted by atomic mass is 10.2. The second kappa shape index (κ2) is 5.94. The second-order valence-electron chi connectivity index (χ2n) is 5.47. The van der Waals surface area contributed by atoms with E-state index in [1.165, 1.54) is 0 Å². The molecule has 0 spiro atoms. The largest absolute Gasteiger partial charge is 0.350 e. The SMILES string of the molecule is Cn1cc(/C=N\Nc2nnc(Cl)c3ccccc23)c2ccccc21. The summed E-state index contributed by atoms with van der Waals surface area (Å²) >= 11 is 6.08. The molecule has 4 rings (SSSR count). The van der Waals surface area contributed by atoms with E-state index >= 15 is 0 Å². The molecule has 0 fully saturated rings. The fourth-order valence-corrected chi connectivity index (χ4v) is 3.00. The third-order valence-corrected chi connectivity index (χ3v) is 4.22. The van der Waals surface area contributed by atoms with Gasteiger partial charge in [0, 0.05) is 40.5 Å². The number of halogens is 1. The summed E-state index contributed by atoms with van der Waals surface area (Å²) < 4.78 is 2.08. The van der Waals surface area contributed by atoms with Gasteiger partial charge in [0.2, 0.25) is 0 Å². The number of hydrogen-bond acceptors (Lipinski definition) is 4. The zero-order chi connectivity index (χ0) is 16.5. The van der Waals surface area contributed by atoms with Crippen molar-refractivity contribution in [1.29, 1.82) is 0 Å². The quantitative estimate of drug-likeness (QED) is 0.450. The Kier molecular flexibility index (Phi) is 3.63. The molecule has 0 amide bonds. The number of nitrogens with one attached hydrogen (secondary N) is 1.